The number of nitrogens with one attached hydrogen (secondary N) is 1. The molecule has 2 N–H and O–H groups in total. The number of non-ortho nitro benzene ring substituents is 1. The zero-order chi connectivity index (χ0) is 15.2. The SMILES string of the molecule is O=[N+]([O-])c1cccc(CNCC(O)c2cccc(Br)c2)c1. The van der Waals surface area contributed by atoms with Gasteiger partial charge in [-0.05, 0) is 23.3 Å². The Balaban J connectivity index is 1.89. The minimum atomic E-state index is -0.624. The molecule has 0 saturated carbocycles. The summed E-state index contributed by atoms with van der Waals surface area (Å²) < 4.78 is 0.915. The molecule has 110 valence electrons. The van der Waals surface area contributed by atoms with Crippen molar-refractivity contribution in [2.45, 2.75) is 12.6 Å². The van der Waals surface area contributed by atoms with Crippen molar-refractivity contribution < 1.29 is 10.0 Å². The molecule has 0 spiro atoms. The Hall–Kier alpha value is -1.76. The van der Waals surface area contributed by atoms with Crippen molar-refractivity contribution in [1.82, 2.24) is 5.32 Å². The van der Waals surface area contributed by atoms with Gasteiger partial charge in [-0.25, -0.2) is 0 Å². The largest absolute Gasteiger partial charge is 0.387 e. The third kappa shape index (κ3) is 4.63. The Morgan fingerprint density at radius 2 is 2.00 bits per heavy atom. The fourth-order valence-electron chi connectivity index (χ4n) is 1.96. The summed E-state index contributed by atoms with van der Waals surface area (Å²) in [6.07, 6.45) is -0.624. The summed E-state index contributed by atoms with van der Waals surface area (Å²) in [6, 6.07) is 13.9. The van der Waals surface area contributed by atoms with Gasteiger partial charge < -0.3 is 10.4 Å². The summed E-state index contributed by atoms with van der Waals surface area (Å²) in [5.41, 5.74) is 1.70. The van der Waals surface area contributed by atoms with Crippen LogP contribution >= 0.6 is 15.9 Å². The van der Waals surface area contributed by atoms with Crippen molar-refractivity contribution >= 4 is 21.6 Å². The first-order chi connectivity index (χ1) is 10.1. The molecule has 2 rings (SSSR count). The van der Waals surface area contributed by atoms with E-state index in [1.807, 2.05) is 30.3 Å². The highest BCUT2D eigenvalue weighted by molar-refractivity contribution is 9.10. The number of nitrogens with zero attached hydrogens (tertiary/aromatic N) is 1. The first-order valence-electron chi connectivity index (χ1n) is 6.44. The van der Waals surface area contributed by atoms with Gasteiger partial charge in [0.2, 0.25) is 0 Å². The van der Waals surface area contributed by atoms with Crippen molar-refractivity contribution in [1.29, 1.82) is 0 Å². The Morgan fingerprint density at radius 3 is 2.71 bits per heavy atom. The van der Waals surface area contributed by atoms with Crippen LogP contribution in [0.1, 0.15) is 17.2 Å². The zero-order valence-electron chi connectivity index (χ0n) is 11.2. The van der Waals surface area contributed by atoms with Crippen LogP contribution in [0.25, 0.3) is 0 Å². The molecule has 1 atom stereocenters. The van der Waals surface area contributed by atoms with E-state index in [1.54, 1.807) is 6.07 Å². The van der Waals surface area contributed by atoms with Crippen LogP contribution in [0.5, 0.6) is 0 Å². The first-order valence-corrected chi connectivity index (χ1v) is 7.23. The number of aliphatic hydroxyl groups excluding tert-OH is 1. The highest BCUT2D eigenvalue weighted by Crippen LogP contribution is 2.18. The number of rotatable bonds is 6. The third-order valence-electron chi connectivity index (χ3n) is 3.02. The van der Waals surface area contributed by atoms with E-state index in [4.69, 9.17) is 0 Å². The predicted molar refractivity (Wildman–Crippen MR) is 83.9 cm³/mol. The van der Waals surface area contributed by atoms with Gasteiger partial charge in [0.05, 0.1) is 11.0 Å². The van der Waals surface area contributed by atoms with Gasteiger partial charge >= 0.3 is 0 Å². The van der Waals surface area contributed by atoms with Gasteiger partial charge in [0.25, 0.3) is 5.69 Å². The lowest BCUT2D eigenvalue weighted by atomic mass is 10.1. The van der Waals surface area contributed by atoms with Gasteiger partial charge in [-0.3, -0.25) is 10.1 Å². The Labute approximate surface area is 130 Å². The van der Waals surface area contributed by atoms with Crippen LogP contribution in [0, 0.1) is 10.1 Å². The summed E-state index contributed by atoms with van der Waals surface area (Å²) in [5, 5.41) is 23.9. The van der Waals surface area contributed by atoms with E-state index >= 15 is 0 Å². The van der Waals surface area contributed by atoms with E-state index in [1.165, 1.54) is 12.1 Å². The molecule has 5 nitrogen and oxygen atoms in total. The molecule has 1 unspecified atom stereocenters. The number of nitro groups is 1. The Kier molecular flexibility index (Phi) is 5.44. The summed E-state index contributed by atoms with van der Waals surface area (Å²) in [6.45, 7) is 0.839. The Morgan fingerprint density at radius 1 is 1.24 bits per heavy atom. The van der Waals surface area contributed by atoms with Crippen LogP contribution in [-0.4, -0.2) is 16.6 Å². The summed E-state index contributed by atoms with van der Waals surface area (Å²) in [4.78, 5) is 10.3. The maximum absolute atomic E-state index is 10.7. The molecule has 0 bridgehead atoms. The van der Waals surface area contributed by atoms with E-state index in [9.17, 15) is 15.2 Å². The molecule has 6 heteroatoms. The number of benzene rings is 2. The van der Waals surface area contributed by atoms with Gasteiger partial charge in [0.1, 0.15) is 0 Å². The quantitative estimate of drug-likeness (QED) is 0.619. The lowest BCUT2D eigenvalue weighted by molar-refractivity contribution is -0.384. The monoisotopic (exact) mass is 350 g/mol. The van der Waals surface area contributed by atoms with Gasteiger partial charge in [0, 0.05) is 29.7 Å². The molecule has 0 aromatic heterocycles. The maximum atomic E-state index is 10.7. The smallest absolute Gasteiger partial charge is 0.269 e. The fourth-order valence-corrected chi connectivity index (χ4v) is 2.38. The van der Waals surface area contributed by atoms with E-state index < -0.39 is 11.0 Å². The second-order valence-electron chi connectivity index (χ2n) is 4.63. The van der Waals surface area contributed by atoms with Crippen molar-refractivity contribution in [3.63, 3.8) is 0 Å². The van der Waals surface area contributed by atoms with Crippen LogP contribution in [0.3, 0.4) is 0 Å². The first kappa shape index (κ1) is 15.6. The van der Waals surface area contributed by atoms with Crippen LogP contribution in [-0.2, 0) is 6.54 Å². The van der Waals surface area contributed by atoms with E-state index in [2.05, 4.69) is 21.2 Å². The molecular weight excluding hydrogens is 336 g/mol. The third-order valence-corrected chi connectivity index (χ3v) is 3.51. The normalized spacial score (nSPS) is 12.1. The van der Waals surface area contributed by atoms with Crippen LogP contribution < -0.4 is 5.32 Å². The lowest BCUT2D eigenvalue weighted by Crippen LogP contribution is -2.21. The van der Waals surface area contributed by atoms with Gasteiger partial charge in [-0.2, -0.15) is 0 Å². The summed E-state index contributed by atoms with van der Waals surface area (Å²) in [5.74, 6) is 0. The second-order valence-corrected chi connectivity index (χ2v) is 5.54. The lowest BCUT2D eigenvalue weighted by Gasteiger charge is -2.12. The van der Waals surface area contributed by atoms with Crippen molar-refractivity contribution in [2.24, 2.45) is 0 Å². The van der Waals surface area contributed by atoms with Crippen molar-refractivity contribution in [2.75, 3.05) is 6.54 Å². The molecule has 21 heavy (non-hydrogen) atoms. The van der Waals surface area contributed by atoms with Crippen LogP contribution in [0.2, 0.25) is 0 Å². The van der Waals surface area contributed by atoms with E-state index in [0.29, 0.717) is 13.1 Å². The molecule has 0 saturated heterocycles. The molecule has 0 radical (unpaired) electrons. The average Bonchev–Trinajstić information content (AvgIpc) is 2.47. The van der Waals surface area contributed by atoms with Crippen molar-refractivity contribution in [3.8, 4) is 0 Å². The zero-order valence-corrected chi connectivity index (χ0v) is 12.8. The Bertz CT molecular complexity index is 634. The maximum Gasteiger partial charge on any atom is 0.269 e. The number of hydrogen-bond acceptors (Lipinski definition) is 4. The van der Waals surface area contributed by atoms with Gasteiger partial charge in [0.15, 0.2) is 0 Å². The number of halogens is 1. The highest BCUT2D eigenvalue weighted by atomic mass is 79.9. The molecule has 0 heterocycles. The number of nitro benzene ring substituents is 1. The number of hydrogen-bond donors (Lipinski definition) is 2. The molecule has 0 aliphatic heterocycles. The van der Waals surface area contributed by atoms with Crippen molar-refractivity contribution in [3.05, 3.63) is 74.2 Å². The average molecular weight is 351 g/mol. The van der Waals surface area contributed by atoms with E-state index in [-0.39, 0.29) is 5.69 Å². The molecule has 2 aromatic carbocycles. The molecule has 0 fully saturated rings. The standard InChI is InChI=1S/C15H15BrN2O3/c16-13-5-2-4-12(8-13)15(19)10-17-9-11-3-1-6-14(7-11)18(20)21/h1-8,15,17,19H,9-10H2. The molecule has 0 aliphatic carbocycles. The minimum Gasteiger partial charge on any atom is -0.387 e. The molecule has 0 amide bonds. The number of aliphatic hydroxyl groups is 1. The van der Waals surface area contributed by atoms with E-state index in [0.717, 1.165) is 15.6 Å². The molecule has 2 aromatic rings. The molecule has 0 aliphatic rings. The van der Waals surface area contributed by atoms with Crippen LogP contribution in [0.15, 0.2) is 53.0 Å². The fraction of sp³-hybridized carbons (Fsp3) is 0.200. The van der Waals surface area contributed by atoms with Gasteiger partial charge in [-0.15, -0.1) is 0 Å². The topological polar surface area (TPSA) is 75.4 Å². The summed E-state index contributed by atoms with van der Waals surface area (Å²) in [7, 11) is 0. The summed E-state index contributed by atoms with van der Waals surface area (Å²) >= 11 is 3.36. The van der Waals surface area contributed by atoms with Crippen LogP contribution in [0.4, 0.5) is 5.69 Å². The minimum absolute atomic E-state index is 0.0711. The van der Waals surface area contributed by atoms with Gasteiger partial charge in [-0.1, -0.05) is 40.2 Å². The second kappa shape index (κ2) is 7.31. The highest BCUT2D eigenvalue weighted by Gasteiger charge is 2.08. The molecular formula is C15H15BrN2O3. The predicted octanol–water partition coefficient (Wildman–Crippen LogP) is 3.18.